The first-order valence-corrected chi connectivity index (χ1v) is 8.07. The highest BCUT2D eigenvalue weighted by Crippen LogP contribution is 2.39. The zero-order valence-electron chi connectivity index (χ0n) is 14.7. The number of aromatic nitrogens is 2. The number of ether oxygens (including phenoxy) is 2. The molecule has 1 aliphatic heterocycles. The Balaban J connectivity index is 2.38. The van der Waals surface area contributed by atoms with Gasteiger partial charge in [-0.05, 0) is 12.5 Å². The van der Waals surface area contributed by atoms with E-state index in [1.807, 2.05) is 6.07 Å². The molecular formula is C18H19N3O5. The molecule has 0 bridgehead atoms. The molecule has 1 unspecified atom stereocenters. The Kier molecular flexibility index (Phi) is 4.41. The number of nitrogens with zero attached hydrogens (tertiary/aromatic N) is 2. The fourth-order valence-electron chi connectivity index (χ4n) is 3.07. The zero-order valence-corrected chi connectivity index (χ0v) is 14.7. The van der Waals surface area contributed by atoms with Gasteiger partial charge >= 0.3 is 11.7 Å². The van der Waals surface area contributed by atoms with Crippen LogP contribution in [-0.4, -0.2) is 21.7 Å². The lowest BCUT2D eigenvalue weighted by Crippen LogP contribution is -2.43. The molecule has 26 heavy (non-hydrogen) atoms. The highest BCUT2D eigenvalue weighted by molar-refractivity contribution is 5.92. The second-order valence-electron chi connectivity index (χ2n) is 5.87. The Morgan fingerprint density at radius 1 is 1.19 bits per heavy atom. The quantitative estimate of drug-likeness (QED) is 0.794. The molecule has 1 aromatic carbocycles. The second kappa shape index (κ2) is 6.55. The normalized spacial score (nSPS) is 16.0. The minimum absolute atomic E-state index is 0.0255. The van der Waals surface area contributed by atoms with Crippen molar-refractivity contribution in [2.45, 2.75) is 12.8 Å². The molecule has 0 saturated heterocycles. The zero-order chi connectivity index (χ0) is 19.0. The van der Waals surface area contributed by atoms with Gasteiger partial charge in [0.2, 0.25) is 11.8 Å². The van der Waals surface area contributed by atoms with E-state index in [4.69, 9.17) is 15.2 Å². The van der Waals surface area contributed by atoms with Crippen LogP contribution in [0.1, 0.15) is 24.0 Å². The SMILES string of the molecule is CCOC(=O)C1=C(N)Oc2c(c(=O)n(C)c(=O)n2C)C1c1ccccc1. The Hall–Kier alpha value is -3.29. The van der Waals surface area contributed by atoms with Gasteiger partial charge in [0, 0.05) is 14.1 Å². The standard InChI is InChI=1S/C18H19N3O5/c1-4-25-17(23)12-11(10-8-6-5-7-9-10)13-15(22)20(2)18(24)21(3)16(13)26-14(12)19/h5-9,11H,4,19H2,1-3H3. The smallest absolute Gasteiger partial charge is 0.340 e. The number of carbonyl (C=O) groups is 1. The van der Waals surface area contributed by atoms with Gasteiger partial charge in [0.1, 0.15) is 5.57 Å². The molecule has 0 radical (unpaired) electrons. The summed E-state index contributed by atoms with van der Waals surface area (Å²) < 4.78 is 12.8. The number of nitrogens with two attached hydrogens (primary N) is 1. The molecule has 8 heteroatoms. The number of hydrogen-bond donors (Lipinski definition) is 1. The maximum Gasteiger partial charge on any atom is 0.340 e. The number of benzene rings is 1. The lowest BCUT2D eigenvalue weighted by Gasteiger charge is -2.28. The molecule has 0 fully saturated rings. The van der Waals surface area contributed by atoms with Crippen molar-refractivity contribution < 1.29 is 14.3 Å². The van der Waals surface area contributed by atoms with Gasteiger partial charge in [0.25, 0.3) is 5.56 Å². The van der Waals surface area contributed by atoms with E-state index in [0.717, 1.165) is 4.57 Å². The molecule has 3 rings (SSSR count). The van der Waals surface area contributed by atoms with Crippen LogP contribution in [0.15, 0.2) is 51.4 Å². The molecule has 1 aromatic heterocycles. The molecule has 2 heterocycles. The van der Waals surface area contributed by atoms with Crippen molar-refractivity contribution in [1.29, 1.82) is 0 Å². The van der Waals surface area contributed by atoms with Gasteiger partial charge in [-0.3, -0.25) is 13.9 Å². The van der Waals surface area contributed by atoms with Gasteiger partial charge < -0.3 is 15.2 Å². The van der Waals surface area contributed by atoms with Crippen molar-refractivity contribution in [1.82, 2.24) is 9.13 Å². The first kappa shape index (κ1) is 17.5. The van der Waals surface area contributed by atoms with Crippen LogP contribution in [0.2, 0.25) is 0 Å². The number of hydrogen-bond acceptors (Lipinski definition) is 6. The van der Waals surface area contributed by atoms with Crippen LogP contribution in [0.5, 0.6) is 5.88 Å². The van der Waals surface area contributed by atoms with E-state index in [9.17, 15) is 14.4 Å². The molecule has 0 saturated carbocycles. The van der Waals surface area contributed by atoms with Gasteiger partial charge in [-0.25, -0.2) is 9.59 Å². The Morgan fingerprint density at radius 2 is 1.85 bits per heavy atom. The number of esters is 1. The monoisotopic (exact) mass is 357 g/mol. The highest BCUT2D eigenvalue weighted by atomic mass is 16.5. The topological polar surface area (TPSA) is 106 Å². The van der Waals surface area contributed by atoms with E-state index >= 15 is 0 Å². The van der Waals surface area contributed by atoms with Gasteiger partial charge in [-0.15, -0.1) is 0 Å². The molecule has 2 N–H and O–H groups in total. The molecule has 136 valence electrons. The van der Waals surface area contributed by atoms with Crippen molar-refractivity contribution >= 4 is 5.97 Å². The van der Waals surface area contributed by atoms with E-state index in [-0.39, 0.29) is 29.5 Å². The van der Waals surface area contributed by atoms with Crippen molar-refractivity contribution in [3.05, 3.63) is 73.8 Å². The van der Waals surface area contributed by atoms with Crippen molar-refractivity contribution in [3.8, 4) is 5.88 Å². The maximum atomic E-state index is 12.9. The van der Waals surface area contributed by atoms with Crippen molar-refractivity contribution in [3.63, 3.8) is 0 Å². The molecule has 0 amide bonds. The summed E-state index contributed by atoms with van der Waals surface area (Å²) in [5.41, 5.74) is 5.77. The molecule has 0 aliphatic carbocycles. The molecule has 0 spiro atoms. The van der Waals surface area contributed by atoms with Gasteiger partial charge in [0.15, 0.2) is 0 Å². The summed E-state index contributed by atoms with van der Waals surface area (Å²) in [5, 5.41) is 0. The summed E-state index contributed by atoms with van der Waals surface area (Å²) in [6, 6.07) is 8.94. The first-order chi connectivity index (χ1) is 12.4. The third-order valence-electron chi connectivity index (χ3n) is 4.32. The lowest BCUT2D eigenvalue weighted by atomic mass is 9.84. The Labute approximate surface area is 149 Å². The minimum Gasteiger partial charge on any atom is -0.462 e. The summed E-state index contributed by atoms with van der Waals surface area (Å²) in [4.78, 5) is 37.6. The molecule has 2 aromatic rings. The van der Waals surface area contributed by atoms with Crippen molar-refractivity contribution in [2.75, 3.05) is 6.61 Å². The predicted molar refractivity (Wildman–Crippen MR) is 93.7 cm³/mol. The minimum atomic E-state index is -0.801. The van der Waals surface area contributed by atoms with Crippen LogP contribution in [0.25, 0.3) is 0 Å². The average molecular weight is 357 g/mol. The van der Waals surface area contributed by atoms with Crippen LogP contribution in [-0.2, 0) is 23.6 Å². The van der Waals surface area contributed by atoms with Crippen LogP contribution in [0.4, 0.5) is 0 Å². The fourth-order valence-corrected chi connectivity index (χ4v) is 3.07. The van der Waals surface area contributed by atoms with Gasteiger partial charge in [-0.2, -0.15) is 0 Å². The molecule has 1 atom stereocenters. The van der Waals surface area contributed by atoms with E-state index in [1.54, 1.807) is 31.2 Å². The van der Waals surface area contributed by atoms with Crippen LogP contribution < -0.4 is 21.7 Å². The third kappa shape index (κ3) is 2.59. The van der Waals surface area contributed by atoms with Gasteiger partial charge in [0.05, 0.1) is 18.1 Å². The first-order valence-electron chi connectivity index (χ1n) is 8.07. The summed E-state index contributed by atoms with van der Waals surface area (Å²) in [7, 11) is 2.85. The molecule has 1 aliphatic rings. The number of carbonyl (C=O) groups excluding carboxylic acids is 1. The lowest BCUT2D eigenvalue weighted by molar-refractivity contribution is -0.139. The number of fused-ring (bicyclic) bond motifs is 1. The predicted octanol–water partition coefficient (Wildman–Crippen LogP) is 0.342. The Morgan fingerprint density at radius 3 is 2.46 bits per heavy atom. The van der Waals surface area contributed by atoms with E-state index in [1.165, 1.54) is 18.7 Å². The second-order valence-corrected chi connectivity index (χ2v) is 5.87. The van der Waals surface area contributed by atoms with Gasteiger partial charge in [-0.1, -0.05) is 30.3 Å². The maximum absolute atomic E-state index is 12.9. The molecule has 8 nitrogen and oxygen atoms in total. The van der Waals surface area contributed by atoms with E-state index in [2.05, 4.69) is 0 Å². The van der Waals surface area contributed by atoms with Crippen LogP contribution in [0.3, 0.4) is 0 Å². The third-order valence-corrected chi connectivity index (χ3v) is 4.32. The van der Waals surface area contributed by atoms with E-state index < -0.39 is 23.1 Å². The Bertz CT molecular complexity index is 1020. The summed E-state index contributed by atoms with van der Waals surface area (Å²) in [6.45, 7) is 1.82. The average Bonchev–Trinajstić information content (AvgIpc) is 2.64. The summed E-state index contributed by atoms with van der Waals surface area (Å²) in [5.74, 6) is -1.63. The van der Waals surface area contributed by atoms with Crippen molar-refractivity contribution in [2.24, 2.45) is 19.8 Å². The molecular weight excluding hydrogens is 338 g/mol. The summed E-state index contributed by atoms with van der Waals surface area (Å²) in [6.07, 6.45) is 0. The number of rotatable bonds is 3. The van der Waals surface area contributed by atoms with E-state index in [0.29, 0.717) is 5.56 Å². The fraction of sp³-hybridized carbons (Fsp3) is 0.278. The van der Waals surface area contributed by atoms with Crippen LogP contribution in [0, 0.1) is 0 Å². The summed E-state index contributed by atoms with van der Waals surface area (Å²) >= 11 is 0. The highest BCUT2D eigenvalue weighted by Gasteiger charge is 2.39. The van der Waals surface area contributed by atoms with Crippen LogP contribution >= 0.6 is 0 Å². The largest absolute Gasteiger partial charge is 0.462 e.